The van der Waals surface area contributed by atoms with Crippen LogP contribution in [0.15, 0.2) is 216 Å². The molecule has 1 aromatic heterocycles. The SMILES string of the molecule is O=C1C2C=CC(OC2)N1Cc1ccc(/C2=C3\C=CC(N3)C(c3ccc(CN4C(=O)C5C=CC4OO5)cc3)C3=NC(C=C3)C(c3ccc(CN4C(=O)C5C=CC4OO5)cc3)c3ccc([nH]3)/C(c3ccc(CN4C(=O)C5C=CC4OO5)cc3)=C3/C=CC2=N3)cc1. The van der Waals surface area contributed by atoms with E-state index in [1.165, 1.54) is 0 Å². The predicted octanol–water partition coefficient (Wildman–Crippen LogP) is 7.57. The summed E-state index contributed by atoms with van der Waals surface area (Å²) in [6.07, 6.45) is 23.0. The van der Waals surface area contributed by atoms with Crippen LogP contribution < -0.4 is 5.32 Å². The van der Waals surface area contributed by atoms with Gasteiger partial charge in [-0.2, -0.15) is 0 Å². The Labute approximate surface area is 504 Å². The number of carbonyl (C=O) groups excluding carboxylic acids is 4. The number of H-pyrrole nitrogens is 1. The number of benzene rings is 4. The normalized spacial score (nSPS) is 31.8. The molecule has 4 aromatic carbocycles. The molecule has 0 saturated carbocycles. The van der Waals surface area contributed by atoms with Gasteiger partial charge in [-0.1, -0.05) is 115 Å². The van der Waals surface area contributed by atoms with E-state index in [4.69, 9.17) is 44.0 Å². The molecule has 19 nitrogen and oxygen atoms in total. The van der Waals surface area contributed by atoms with Crippen LogP contribution in [0.3, 0.4) is 0 Å². The molecule has 16 bridgehead atoms. The van der Waals surface area contributed by atoms with Gasteiger partial charge in [-0.15, -0.1) is 0 Å². The highest BCUT2D eigenvalue weighted by atomic mass is 17.2. The van der Waals surface area contributed by atoms with E-state index in [1.54, 1.807) is 37.8 Å². The number of allylic oxidation sites excluding steroid dienone is 5. The summed E-state index contributed by atoms with van der Waals surface area (Å²) in [6, 6.07) is 37.0. The summed E-state index contributed by atoms with van der Waals surface area (Å²) >= 11 is 0. The van der Waals surface area contributed by atoms with Crippen molar-refractivity contribution in [3.8, 4) is 0 Å². The van der Waals surface area contributed by atoms with Gasteiger partial charge < -0.3 is 34.6 Å². The maximum atomic E-state index is 13.4. The molecule has 0 spiro atoms. The minimum Gasteiger partial charge on any atom is -0.377 e. The Morgan fingerprint density at radius 1 is 0.455 bits per heavy atom. The lowest BCUT2D eigenvalue weighted by atomic mass is 9.87. The zero-order chi connectivity index (χ0) is 58.7. The number of ether oxygens (including phenoxy) is 1. The molecule has 4 fully saturated rings. The Bertz CT molecular complexity index is 4120. The first-order valence-electron chi connectivity index (χ1n) is 29.7. The molecule has 4 amide bonds. The number of amides is 4. The standard InChI is InChI=1S/C69H56N8O11/c78-66-46-17-29-58(82-37-46)74(66)33-38-1-9-42(10-2-38)62-47-18-20-49(70-47)63(43-11-3-39(4-12-43)34-75-59-30-26-55(67(75)79)83-86-59)51-22-24-53(72-51)65(45-15-7-41(8-16-45)36-77-61-32-28-57(69(77)81)85-88-61)54-25-23-52(73-54)64(50-21-19-48(62)71-50)44-13-5-40(6-14-44)35-76-60-31-27-56(68(76)80)84-87-60/h1-32,46,49,53,55-61,63,65,70,73H,33-37H2/b62-47-,64-50-. The number of fused-ring (bicyclic) bond motifs is 14. The van der Waals surface area contributed by atoms with Crippen LogP contribution in [0.2, 0.25) is 0 Å². The Morgan fingerprint density at radius 3 is 1.47 bits per heavy atom. The monoisotopic (exact) mass is 1170 g/mol. The second kappa shape index (κ2) is 21.2. The smallest absolute Gasteiger partial charge is 0.261 e. The van der Waals surface area contributed by atoms with Crippen LogP contribution in [-0.4, -0.2) is 122 Å². The van der Waals surface area contributed by atoms with Crippen molar-refractivity contribution >= 4 is 46.2 Å². The summed E-state index contributed by atoms with van der Waals surface area (Å²) in [6.45, 7) is 1.82. The van der Waals surface area contributed by atoms with Crippen molar-refractivity contribution in [2.75, 3.05) is 6.61 Å². The molecule has 5 aromatic rings. The minimum atomic E-state index is -0.767. The van der Waals surface area contributed by atoms with Crippen LogP contribution >= 0.6 is 0 Å². The van der Waals surface area contributed by atoms with Gasteiger partial charge in [0.05, 0.1) is 41.9 Å². The summed E-state index contributed by atoms with van der Waals surface area (Å²) in [5, 5.41) is 3.99. The van der Waals surface area contributed by atoms with Crippen molar-refractivity contribution < 1.29 is 53.2 Å². The van der Waals surface area contributed by atoms with Gasteiger partial charge in [0.2, 0.25) is 5.91 Å². The third kappa shape index (κ3) is 9.15. The average Bonchev–Trinajstić information content (AvgIpc) is 3.67. The highest BCUT2D eigenvalue weighted by Gasteiger charge is 2.44. The molecule has 16 aliphatic rings. The van der Waals surface area contributed by atoms with Gasteiger partial charge in [-0.25, -0.2) is 34.3 Å². The second-order valence-corrected chi connectivity index (χ2v) is 23.7. The van der Waals surface area contributed by atoms with Gasteiger partial charge in [0.15, 0.2) is 43.2 Å². The molecule has 0 aliphatic carbocycles. The van der Waals surface area contributed by atoms with E-state index >= 15 is 0 Å². The molecule has 17 heterocycles. The first-order valence-corrected chi connectivity index (χ1v) is 29.7. The molecule has 21 rings (SSSR count). The first-order chi connectivity index (χ1) is 43.2. The van der Waals surface area contributed by atoms with E-state index in [1.807, 2.05) is 42.5 Å². The predicted molar refractivity (Wildman–Crippen MR) is 318 cm³/mol. The number of nitrogens with zero attached hydrogens (tertiary/aromatic N) is 6. The van der Waals surface area contributed by atoms with Gasteiger partial charge in [-0.3, -0.25) is 24.2 Å². The van der Waals surface area contributed by atoms with Crippen molar-refractivity contribution in [2.24, 2.45) is 15.9 Å². The molecule has 438 valence electrons. The van der Waals surface area contributed by atoms with E-state index in [0.717, 1.165) is 89.9 Å². The Morgan fingerprint density at radius 2 is 0.966 bits per heavy atom. The van der Waals surface area contributed by atoms with Crippen molar-refractivity contribution in [3.63, 3.8) is 0 Å². The van der Waals surface area contributed by atoms with E-state index in [9.17, 15) is 19.2 Å². The van der Waals surface area contributed by atoms with Crippen molar-refractivity contribution in [3.05, 3.63) is 262 Å². The summed E-state index contributed by atoms with van der Waals surface area (Å²) in [4.78, 5) is 107. The fraction of sp³-hybridized carbons (Fsp3) is 0.246. The first kappa shape index (κ1) is 52.9. The molecule has 88 heavy (non-hydrogen) atoms. The van der Waals surface area contributed by atoms with Crippen molar-refractivity contribution in [1.82, 2.24) is 29.9 Å². The average molecular weight is 1170 g/mol. The van der Waals surface area contributed by atoms with E-state index in [-0.39, 0.29) is 53.5 Å². The number of hydrogen-bond acceptors (Lipinski definition) is 14. The fourth-order valence-electron chi connectivity index (χ4n) is 13.8. The number of aromatic nitrogens is 1. The topological polar surface area (TPSA) is 198 Å². The molecular weight excluding hydrogens is 1120 g/mol. The third-order valence-corrected chi connectivity index (χ3v) is 18.4. The number of rotatable bonds is 12. The molecule has 16 aliphatic heterocycles. The van der Waals surface area contributed by atoms with Crippen LogP contribution in [0, 0.1) is 5.92 Å². The quantitative estimate of drug-likeness (QED) is 0.0920. The second-order valence-electron chi connectivity index (χ2n) is 23.7. The number of nitrogens with one attached hydrogen (secondary N) is 2. The largest absolute Gasteiger partial charge is 0.377 e. The Kier molecular flexibility index (Phi) is 12.7. The zero-order valence-corrected chi connectivity index (χ0v) is 47.1. The summed E-state index contributed by atoms with van der Waals surface area (Å²) in [7, 11) is 0. The molecule has 12 unspecified atom stereocenters. The third-order valence-electron chi connectivity index (χ3n) is 18.4. The van der Waals surface area contributed by atoms with E-state index < -0.39 is 43.2 Å². The van der Waals surface area contributed by atoms with Crippen molar-refractivity contribution in [1.29, 1.82) is 0 Å². The highest BCUT2D eigenvalue weighted by Crippen LogP contribution is 2.42. The van der Waals surface area contributed by atoms with Crippen LogP contribution in [-0.2, 0) is 79.4 Å². The Hall–Kier alpha value is -9.44. The molecule has 12 atom stereocenters. The van der Waals surface area contributed by atoms with Crippen molar-refractivity contribution in [2.45, 2.75) is 93.3 Å². The van der Waals surface area contributed by atoms with E-state index in [0.29, 0.717) is 32.8 Å². The molecule has 2 N–H and O–H groups in total. The van der Waals surface area contributed by atoms with Gasteiger partial charge >= 0.3 is 0 Å². The number of aromatic amines is 1. The number of carbonyl (C=O) groups is 4. The molecule has 4 saturated heterocycles. The van der Waals surface area contributed by atoms with Crippen LogP contribution in [0.5, 0.6) is 0 Å². The molecule has 19 heteroatoms. The highest BCUT2D eigenvalue weighted by molar-refractivity contribution is 6.32. The molecular formula is C69H56N8O11. The summed E-state index contributed by atoms with van der Waals surface area (Å²) in [5.74, 6) is -1.22. The minimum absolute atomic E-state index is 0.0694. The van der Waals surface area contributed by atoms with Gasteiger partial charge in [0.25, 0.3) is 17.7 Å². The van der Waals surface area contributed by atoms with Gasteiger partial charge in [0.1, 0.15) is 0 Å². The Balaban J connectivity index is 0.775. The summed E-state index contributed by atoms with van der Waals surface area (Å²) in [5.41, 5.74) is 14.4. The van der Waals surface area contributed by atoms with Crippen LogP contribution in [0.4, 0.5) is 0 Å². The van der Waals surface area contributed by atoms with Gasteiger partial charge in [-0.05, 0) is 123 Å². The summed E-state index contributed by atoms with van der Waals surface area (Å²) < 4.78 is 5.97. The lowest BCUT2D eigenvalue weighted by molar-refractivity contribution is -0.376. The van der Waals surface area contributed by atoms with Gasteiger partial charge in [0, 0.05) is 66.0 Å². The number of hydrogen-bond donors (Lipinski definition) is 2. The zero-order valence-electron chi connectivity index (χ0n) is 47.1. The van der Waals surface area contributed by atoms with E-state index in [2.05, 4.69) is 144 Å². The maximum absolute atomic E-state index is 13.4. The lowest BCUT2D eigenvalue weighted by Gasteiger charge is -2.40. The fourth-order valence-corrected chi connectivity index (χ4v) is 13.8. The number of aliphatic imine (C=N–C) groups is 2. The van der Waals surface area contributed by atoms with Crippen LogP contribution in [0.1, 0.15) is 67.7 Å². The maximum Gasteiger partial charge on any atom is 0.261 e. The lowest BCUT2D eigenvalue weighted by Crippen LogP contribution is -2.53. The molecule has 0 radical (unpaired) electrons. The van der Waals surface area contributed by atoms with Crippen LogP contribution in [0.25, 0.3) is 11.1 Å².